The van der Waals surface area contributed by atoms with Crippen LogP contribution in [0.1, 0.15) is 30.0 Å². The molecule has 2 rings (SSSR count). The second-order valence-electron chi connectivity index (χ2n) is 5.30. The summed E-state index contributed by atoms with van der Waals surface area (Å²) in [5, 5.41) is 14.5. The van der Waals surface area contributed by atoms with Gasteiger partial charge >= 0.3 is 12.0 Å². The number of hydrogen-bond acceptors (Lipinski definition) is 4. The molecular formula is C14H20N2O5. The predicted molar refractivity (Wildman–Crippen MR) is 74.0 cm³/mol. The number of carbonyl (C=O) groups excluding carboxylic acids is 1. The fraction of sp³-hybridized carbons (Fsp3) is 0.571. The number of ether oxygens (including phenoxy) is 1. The van der Waals surface area contributed by atoms with Crippen LogP contribution < -0.4 is 10.6 Å². The number of carboxylic acids is 1. The Morgan fingerprint density at radius 2 is 2.10 bits per heavy atom. The van der Waals surface area contributed by atoms with Crippen molar-refractivity contribution in [3.8, 4) is 0 Å². The minimum atomic E-state index is -0.966. The van der Waals surface area contributed by atoms with Crippen molar-refractivity contribution in [1.29, 1.82) is 0 Å². The molecule has 0 spiro atoms. The van der Waals surface area contributed by atoms with Gasteiger partial charge in [0.1, 0.15) is 17.4 Å². The van der Waals surface area contributed by atoms with E-state index in [4.69, 9.17) is 14.3 Å². The molecule has 0 bridgehead atoms. The minimum Gasteiger partial charge on any atom is -0.481 e. The number of furan rings is 1. The smallest absolute Gasteiger partial charge is 0.315 e. The molecule has 1 aromatic heterocycles. The number of nitrogens with one attached hydrogen (secondary N) is 2. The average molecular weight is 296 g/mol. The van der Waals surface area contributed by atoms with Crippen LogP contribution in [-0.2, 0) is 9.53 Å². The third-order valence-electron chi connectivity index (χ3n) is 3.61. The van der Waals surface area contributed by atoms with Crippen LogP contribution in [-0.4, -0.2) is 36.4 Å². The van der Waals surface area contributed by atoms with Crippen LogP contribution in [0.5, 0.6) is 0 Å². The molecule has 1 aromatic rings. The highest BCUT2D eigenvalue weighted by molar-refractivity contribution is 5.77. The summed E-state index contributed by atoms with van der Waals surface area (Å²) in [6, 6.07) is 0.719. The highest BCUT2D eigenvalue weighted by atomic mass is 16.5. The quantitative estimate of drug-likeness (QED) is 0.778. The second kappa shape index (κ2) is 6.17. The van der Waals surface area contributed by atoms with E-state index in [1.165, 1.54) is 0 Å². The molecule has 0 aliphatic carbocycles. The molecule has 0 aromatic carbocycles. The number of amides is 2. The van der Waals surface area contributed by atoms with Crippen LogP contribution in [0, 0.1) is 19.8 Å². The summed E-state index contributed by atoms with van der Waals surface area (Å²) in [4.78, 5) is 23.0. The van der Waals surface area contributed by atoms with Crippen molar-refractivity contribution >= 4 is 12.0 Å². The zero-order valence-corrected chi connectivity index (χ0v) is 12.3. The summed E-state index contributed by atoms with van der Waals surface area (Å²) in [6.45, 7) is 5.86. The van der Waals surface area contributed by atoms with Crippen molar-refractivity contribution in [3.63, 3.8) is 0 Å². The molecule has 1 aliphatic heterocycles. The number of aryl methyl sites for hydroxylation is 2. The third kappa shape index (κ3) is 3.55. The molecule has 7 heteroatoms. The van der Waals surface area contributed by atoms with Gasteiger partial charge in [-0.2, -0.15) is 0 Å². The summed E-state index contributed by atoms with van der Waals surface area (Å²) in [5.74, 6) is -0.129. The molecule has 116 valence electrons. The summed E-state index contributed by atoms with van der Waals surface area (Å²) in [7, 11) is 0. The van der Waals surface area contributed by atoms with E-state index >= 15 is 0 Å². The van der Waals surface area contributed by atoms with E-state index in [2.05, 4.69) is 10.6 Å². The Hall–Kier alpha value is -2.02. The van der Waals surface area contributed by atoms with Crippen LogP contribution >= 0.6 is 0 Å². The highest BCUT2D eigenvalue weighted by Crippen LogP contribution is 2.21. The summed E-state index contributed by atoms with van der Waals surface area (Å²) in [6.07, 6.45) is 0. The number of urea groups is 1. The Morgan fingerprint density at radius 1 is 1.38 bits per heavy atom. The van der Waals surface area contributed by atoms with E-state index in [1.54, 1.807) is 0 Å². The zero-order valence-electron chi connectivity index (χ0n) is 12.3. The molecule has 3 N–H and O–H groups in total. The molecule has 3 unspecified atom stereocenters. The maximum atomic E-state index is 12.0. The van der Waals surface area contributed by atoms with Gasteiger partial charge in [0.25, 0.3) is 0 Å². The Bertz CT molecular complexity index is 539. The van der Waals surface area contributed by atoms with Gasteiger partial charge in [0, 0.05) is 5.56 Å². The average Bonchev–Trinajstić information content (AvgIpc) is 2.95. The highest BCUT2D eigenvalue weighted by Gasteiger charge is 2.35. The van der Waals surface area contributed by atoms with Gasteiger partial charge in [-0.25, -0.2) is 4.79 Å². The molecule has 21 heavy (non-hydrogen) atoms. The van der Waals surface area contributed by atoms with Crippen molar-refractivity contribution in [3.05, 3.63) is 23.2 Å². The van der Waals surface area contributed by atoms with Gasteiger partial charge in [-0.1, -0.05) is 0 Å². The fourth-order valence-electron chi connectivity index (χ4n) is 2.50. The molecule has 3 atom stereocenters. The van der Waals surface area contributed by atoms with Crippen molar-refractivity contribution in [1.82, 2.24) is 10.6 Å². The zero-order chi connectivity index (χ0) is 15.6. The maximum absolute atomic E-state index is 12.0. The first kappa shape index (κ1) is 15.4. The SMILES string of the molecule is Cc1cc(C(C)NC(=O)NC2COCC2C(=O)O)c(C)o1. The van der Waals surface area contributed by atoms with Gasteiger partial charge in [0.05, 0.1) is 25.3 Å². The van der Waals surface area contributed by atoms with Crippen LogP contribution in [0.2, 0.25) is 0 Å². The Labute approximate surface area is 122 Å². The van der Waals surface area contributed by atoms with Crippen LogP contribution in [0.15, 0.2) is 10.5 Å². The standard InChI is InChI=1S/C14H20N2O5/c1-7-4-10(9(3)21-7)8(2)15-14(19)16-12-6-20-5-11(12)13(17)18/h4,8,11-12H,5-6H2,1-3H3,(H,17,18)(H2,15,16,19). The van der Waals surface area contributed by atoms with Gasteiger partial charge in [-0.15, -0.1) is 0 Å². The first-order valence-electron chi connectivity index (χ1n) is 6.83. The lowest BCUT2D eigenvalue weighted by Gasteiger charge is -2.19. The summed E-state index contributed by atoms with van der Waals surface area (Å²) < 4.78 is 10.5. The second-order valence-corrected chi connectivity index (χ2v) is 5.30. The molecule has 0 saturated carbocycles. The first-order valence-corrected chi connectivity index (χ1v) is 6.83. The van der Waals surface area contributed by atoms with Crippen molar-refractivity contribution < 1.29 is 23.8 Å². The Balaban J connectivity index is 1.92. The van der Waals surface area contributed by atoms with E-state index in [-0.39, 0.29) is 19.3 Å². The lowest BCUT2D eigenvalue weighted by atomic mass is 10.0. The monoisotopic (exact) mass is 296 g/mol. The van der Waals surface area contributed by atoms with Gasteiger partial charge in [-0.3, -0.25) is 4.79 Å². The molecule has 2 amide bonds. The topological polar surface area (TPSA) is 101 Å². The van der Waals surface area contributed by atoms with Crippen LogP contribution in [0.4, 0.5) is 4.79 Å². The molecule has 1 saturated heterocycles. The largest absolute Gasteiger partial charge is 0.481 e. The number of hydrogen-bond donors (Lipinski definition) is 3. The summed E-state index contributed by atoms with van der Waals surface area (Å²) in [5.41, 5.74) is 0.903. The van der Waals surface area contributed by atoms with E-state index in [1.807, 2.05) is 26.8 Å². The van der Waals surface area contributed by atoms with Crippen LogP contribution in [0.25, 0.3) is 0 Å². The molecule has 1 aliphatic rings. The van der Waals surface area contributed by atoms with Crippen molar-refractivity contribution in [2.24, 2.45) is 5.92 Å². The molecular weight excluding hydrogens is 276 g/mol. The third-order valence-corrected chi connectivity index (χ3v) is 3.61. The van der Waals surface area contributed by atoms with Gasteiger partial charge in [0.15, 0.2) is 0 Å². The van der Waals surface area contributed by atoms with Gasteiger partial charge in [0.2, 0.25) is 0 Å². The number of aliphatic carboxylic acids is 1. The normalized spacial score (nSPS) is 22.8. The van der Waals surface area contributed by atoms with Crippen molar-refractivity contribution in [2.75, 3.05) is 13.2 Å². The Kier molecular flexibility index (Phi) is 4.52. The lowest BCUT2D eigenvalue weighted by molar-refractivity contribution is -0.142. The Morgan fingerprint density at radius 3 is 2.67 bits per heavy atom. The fourth-order valence-corrected chi connectivity index (χ4v) is 2.50. The first-order chi connectivity index (χ1) is 9.88. The maximum Gasteiger partial charge on any atom is 0.315 e. The molecule has 7 nitrogen and oxygen atoms in total. The van der Waals surface area contributed by atoms with E-state index in [9.17, 15) is 9.59 Å². The molecule has 0 radical (unpaired) electrons. The van der Waals surface area contributed by atoms with E-state index in [0.29, 0.717) is 0 Å². The number of rotatable bonds is 4. The molecule has 1 fully saturated rings. The van der Waals surface area contributed by atoms with Gasteiger partial charge < -0.3 is 24.9 Å². The minimum absolute atomic E-state index is 0.121. The van der Waals surface area contributed by atoms with E-state index in [0.717, 1.165) is 17.1 Å². The van der Waals surface area contributed by atoms with E-state index < -0.39 is 24.0 Å². The summed E-state index contributed by atoms with van der Waals surface area (Å²) >= 11 is 0. The van der Waals surface area contributed by atoms with Crippen molar-refractivity contribution in [2.45, 2.75) is 32.9 Å². The molecule has 2 heterocycles. The van der Waals surface area contributed by atoms with Gasteiger partial charge in [-0.05, 0) is 26.8 Å². The lowest BCUT2D eigenvalue weighted by Crippen LogP contribution is -2.47. The predicted octanol–water partition coefficient (Wildman–Crippen LogP) is 1.36. The number of carbonyl (C=O) groups is 2. The number of carboxylic acid groups (broad SMARTS) is 1. The van der Waals surface area contributed by atoms with Crippen LogP contribution in [0.3, 0.4) is 0 Å².